The summed E-state index contributed by atoms with van der Waals surface area (Å²) in [4.78, 5) is 0. The Labute approximate surface area is 180 Å². The van der Waals surface area contributed by atoms with Crippen LogP contribution in [0.5, 0.6) is 11.5 Å². The first-order valence-corrected chi connectivity index (χ1v) is 9.28. The van der Waals surface area contributed by atoms with Crippen molar-refractivity contribution >= 4 is 5.69 Å². The molecule has 2 rings (SSSR count). The number of halogens is 6. The molecule has 0 aromatic heterocycles. The molecule has 0 fully saturated rings. The first-order chi connectivity index (χ1) is 14.9. The van der Waals surface area contributed by atoms with Crippen LogP contribution in [0.15, 0.2) is 36.4 Å². The van der Waals surface area contributed by atoms with Gasteiger partial charge in [0.15, 0.2) is 0 Å². The molecule has 0 saturated carbocycles. The predicted octanol–water partition coefficient (Wildman–Crippen LogP) is 5.83. The number of nitriles is 1. The van der Waals surface area contributed by atoms with Gasteiger partial charge in [0.2, 0.25) is 0 Å². The number of hydrogen-bond donors (Lipinski definition) is 1. The summed E-state index contributed by atoms with van der Waals surface area (Å²) >= 11 is 0. The molecule has 0 saturated heterocycles. The number of rotatable bonds is 8. The van der Waals surface area contributed by atoms with Gasteiger partial charge in [0.05, 0.1) is 5.56 Å². The normalized spacial score (nSPS) is 12.5. The quantitative estimate of drug-likeness (QED) is 0.304. The van der Waals surface area contributed by atoms with Gasteiger partial charge >= 0.3 is 12.4 Å². The third-order valence-electron chi connectivity index (χ3n) is 4.55. The molecule has 2 aromatic carbocycles. The maximum Gasteiger partial charge on any atom is 0.430 e. The summed E-state index contributed by atoms with van der Waals surface area (Å²) in [6.07, 6.45) is -11.1. The number of ether oxygens (including phenoxy) is 3. The van der Waals surface area contributed by atoms with Crippen LogP contribution in [-0.2, 0) is 21.5 Å². The van der Waals surface area contributed by atoms with Crippen molar-refractivity contribution in [1.82, 2.24) is 0 Å². The lowest BCUT2D eigenvalue weighted by atomic mass is 9.89. The van der Waals surface area contributed by atoms with E-state index in [1.54, 1.807) is 6.92 Å². The van der Waals surface area contributed by atoms with E-state index in [-0.39, 0.29) is 34.7 Å². The third kappa shape index (κ3) is 4.92. The number of methoxy groups -OCH3 is 1. The molecule has 0 bridgehead atoms. The molecule has 5 nitrogen and oxygen atoms in total. The zero-order valence-electron chi connectivity index (χ0n) is 17.1. The molecule has 11 heteroatoms. The van der Waals surface area contributed by atoms with Crippen molar-refractivity contribution < 1.29 is 40.6 Å². The molecule has 32 heavy (non-hydrogen) atoms. The van der Waals surface area contributed by atoms with E-state index in [0.717, 1.165) is 19.2 Å². The molecular weight excluding hydrogens is 442 g/mol. The molecule has 0 radical (unpaired) electrons. The number of aryl methyl sites for hydroxylation is 1. The molecule has 0 aliphatic rings. The van der Waals surface area contributed by atoms with Crippen LogP contribution in [0.2, 0.25) is 0 Å². The van der Waals surface area contributed by atoms with E-state index >= 15 is 0 Å². The number of alkyl halides is 6. The fourth-order valence-electron chi connectivity index (χ4n) is 3.07. The zero-order chi connectivity index (χ0) is 24.2. The van der Waals surface area contributed by atoms with Crippen molar-refractivity contribution in [3.8, 4) is 17.6 Å². The predicted molar refractivity (Wildman–Crippen MR) is 103 cm³/mol. The van der Waals surface area contributed by atoms with Crippen molar-refractivity contribution in [2.45, 2.75) is 37.7 Å². The molecule has 0 unspecified atom stereocenters. The summed E-state index contributed by atoms with van der Waals surface area (Å²) in [5.41, 5.74) is 0.300. The summed E-state index contributed by atoms with van der Waals surface area (Å²) in [7, 11) is 0.916. The van der Waals surface area contributed by atoms with Gasteiger partial charge in [-0.15, -0.1) is 0 Å². The number of nitrogen functional groups attached to an aromatic ring is 1. The Bertz CT molecular complexity index is 969. The monoisotopic (exact) mass is 462 g/mol. The Morgan fingerprint density at radius 2 is 1.66 bits per heavy atom. The van der Waals surface area contributed by atoms with Crippen molar-refractivity contribution in [2.75, 3.05) is 19.6 Å². The van der Waals surface area contributed by atoms with E-state index in [2.05, 4.69) is 9.47 Å². The van der Waals surface area contributed by atoms with Crippen LogP contribution in [0.1, 0.15) is 30.0 Å². The number of hydrogen-bond acceptors (Lipinski definition) is 5. The Morgan fingerprint density at radius 1 is 1.00 bits per heavy atom. The smallest absolute Gasteiger partial charge is 0.430 e. The second kappa shape index (κ2) is 9.67. The highest BCUT2D eigenvalue weighted by Gasteiger charge is 2.73. The Hall–Kier alpha value is -2.97. The summed E-state index contributed by atoms with van der Waals surface area (Å²) in [6.45, 7) is 0.471. The Kier molecular flexibility index (Phi) is 7.64. The molecule has 0 aliphatic carbocycles. The molecule has 2 N–H and O–H groups in total. The minimum absolute atomic E-state index is 0.0363. The molecule has 0 spiro atoms. The van der Waals surface area contributed by atoms with Gasteiger partial charge in [0, 0.05) is 24.4 Å². The van der Waals surface area contributed by atoms with Crippen LogP contribution in [0.4, 0.5) is 32.0 Å². The van der Waals surface area contributed by atoms with Gasteiger partial charge < -0.3 is 19.9 Å². The molecular formula is C21H20F6N2O3. The van der Waals surface area contributed by atoms with Gasteiger partial charge in [-0.2, -0.15) is 31.6 Å². The largest absolute Gasteiger partial charge is 0.457 e. The van der Waals surface area contributed by atoms with E-state index in [1.807, 2.05) is 6.07 Å². The SMILES string of the molecule is CCCc1cc(C(OCOC)(C(F)(F)F)C(F)(F)F)ccc1Oc1ccc(N)c(C#N)c1. The van der Waals surface area contributed by atoms with E-state index in [1.165, 1.54) is 18.2 Å². The standard InChI is InChI=1S/C21H20F6N2O3/c1-3-4-13-9-15(19(20(22,23)24,21(25,26)27)31-12-30-2)5-8-18(13)32-16-6-7-17(29)14(10-16)11-28/h5-10H,3-4,12,29H2,1-2H3. The second-order valence-corrected chi connectivity index (χ2v) is 6.76. The lowest BCUT2D eigenvalue weighted by Gasteiger charge is -2.37. The van der Waals surface area contributed by atoms with Crippen molar-refractivity contribution in [2.24, 2.45) is 0 Å². The number of anilines is 1. The van der Waals surface area contributed by atoms with Crippen LogP contribution >= 0.6 is 0 Å². The highest BCUT2D eigenvalue weighted by atomic mass is 19.4. The number of nitrogens with zero attached hydrogens (tertiary/aromatic N) is 1. The maximum atomic E-state index is 13.8. The second-order valence-electron chi connectivity index (χ2n) is 6.76. The van der Waals surface area contributed by atoms with E-state index in [9.17, 15) is 26.3 Å². The zero-order valence-corrected chi connectivity index (χ0v) is 17.1. The average molecular weight is 462 g/mol. The maximum absolute atomic E-state index is 13.8. The summed E-state index contributed by atoms with van der Waals surface area (Å²) < 4.78 is 97.0. The highest BCUT2D eigenvalue weighted by Crippen LogP contribution is 2.53. The van der Waals surface area contributed by atoms with Gasteiger partial charge in [0.25, 0.3) is 5.60 Å². The average Bonchev–Trinajstić information content (AvgIpc) is 2.69. The first-order valence-electron chi connectivity index (χ1n) is 9.28. The van der Waals surface area contributed by atoms with Crippen molar-refractivity contribution in [1.29, 1.82) is 5.26 Å². The number of nitrogens with two attached hydrogens (primary N) is 1. The summed E-state index contributed by atoms with van der Waals surface area (Å²) in [6, 6.07) is 8.42. The fourth-order valence-corrected chi connectivity index (χ4v) is 3.07. The highest BCUT2D eigenvalue weighted by molar-refractivity contribution is 5.57. The van der Waals surface area contributed by atoms with Crippen LogP contribution in [0.25, 0.3) is 0 Å². The number of benzene rings is 2. The molecule has 2 aromatic rings. The first kappa shape index (κ1) is 25.3. The van der Waals surface area contributed by atoms with E-state index < -0.39 is 30.3 Å². The molecule has 0 atom stereocenters. The van der Waals surface area contributed by atoms with Crippen LogP contribution < -0.4 is 10.5 Å². The lowest BCUT2D eigenvalue weighted by molar-refractivity contribution is -0.400. The third-order valence-corrected chi connectivity index (χ3v) is 4.55. The molecule has 0 heterocycles. The van der Waals surface area contributed by atoms with Crippen molar-refractivity contribution in [3.63, 3.8) is 0 Å². The molecule has 174 valence electrons. The van der Waals surface area contributed by atoms with Gasteiger partial charge in [-0.25, -0.2) is 0 Å². The molecule has 0 amide bonds. The minimum Gasteiger partial charge on any atom is -0.457 e. The van der Waals surface area contributed by atoms with Gasteiger partial charge in [-0.05, 0) is 36.2 Å². The van der Waals surface area contributed by atoms with E-state index in [4.69, 9.17) is 15.7 Å². The Morgan fingerprint density at radius 3 is 2.19 bits per heavy atom. The van der Waals surface area contributed by atoms with Gasteiger partial charge in [-0.1, -0.05) is 19.4 Å². The summed E-state index contributed by atoms with van der Waals surface area (Å²) in [5, 5.41) is 9.07. The molecule has 0 aliphatic heterocycles. The van der Waals surface area contributed by atoms with Crippen LogP contribution in [0, 0.1) is 11.3 Å². The van der Waals surface area contributed by atoms with E-state index in [0.29, 0.717) is 12.5 Å². The van der Waals surface area contributed by atoms with Crippen LogP contribution in [0.3, 0.4) is 0 Å². The fraction of sp³-hybridized carbons (Fsp3) is 0.381. The van der Waals surface area contributed by atoms with Gasteiger partial charge in [0.1, 0.15) is 24.4 Å². The van der Waals surface area contributed by atoms with Gasteiger partial charge in [-0.3, -0.25) is 0 Å². The lowest BCUT2D eigenvalue weighted by Crippen LogP contribution is -2.56. The summed E-state index contributed by atoms with van der Waals surface area (Å²) in [5.74, 6) is 0.184. The minimum atomic E-state index is -5.83. The Balaban J connectivity index is 2.62. The van der Waals surface area contributed by atoms with Crippen molar-refractivity contribution in [3.05, 3.63) is 53.1 Å². The van der Waals surface area contributed by atoms with Crippen LogP contribution in [-0.4, -0.2) is 26.3 Å². The topological polar surface area (TPSA) is 77.5 Å².